The molecule has 1 aromatic rings. The third-order valence-corrected chi connectivity index (χ3v) is 3.68. The Balaban J connectivity index is 3.31. The lowest BCUT2D eigenvalue weighted by Gasteiger charge is -2.36. The summed E-state index contributed by atoms with van der Waals surface area (Å²) in [6.45, 7) is 8.46. The van der Waals surface area contributed by atoms with Crippen molar-refractivity contribution < 1.29 is 4.92 Å². The maximum absolute atomic E-state index is 11.3. The number of nitro benzene ring substituents is 1. The fourth-order valence-electron chi connectivity index (χ4n) is 2.00. The summed E-state index contributed by atoms with van der Waals surface area (Å²) < 4.78 is 0. The van der Waals surface area contributed by atoms with Crippen molar-refractivity contribution in [1.29, 1.82) is 0 Å². The molecule has 0 saturated carbocycles. The molecular formula is C14H23N3O2. The minimum absolute atomic E-state index is 0.0399. The number of nitro groups is 1. The monoisotopic (exact) mass is 265 g/mol. The zero-order chi connectivity index (χ0) is 14.8. The first kappa shape index (κ1) is 15.3. The predicted molar refractivity (Wildman–Crippen MR) is 80.0 cm³/mol. The molecule has 5 nitrogen and oxygen atoms in total. The average Bonchev–Trinajstić information content (AvgIpc) is 2.34. The molecule has 0 heterocycles. The van der Waals surface area contributed by atoms with Gasteiger partial charge in [-0.1, -0.05) is 26.8 Å². The fraction of sp³-hybridized carbons (Fsp3) is 0.571. The van der Waals surface area contributed by atoms with Crippen molar-refractivity contribution in [3.63, 3.8) is 0 Å². The van der Waals surface area contributed by atoms with Gasteiger partial charge in [-0.15, -0.1) is 0 Å². The van der Waals surface area contributed by atoms with Crippen LogP contribution in [0.25, 0.3) is 0 Å². The molecule has 0 aliphatic carbocycles. The zero-order valence-corrected chi connectivity index (χ0v) is 12.5. The number of nitrogens with zero attached hydrogens (tertiary/aromatic N) is 2. The summed E-state index contributed by atoms with van der Waals surface area (Å²) >= 11 is 0. The third kappa shape index (κ3) is 3.16. The van der Waals surface area contributed by atoms with Gasteiger partial charge in [0.25, 0.3) is 0 Å². The van der Waals surface area contributed by atoms with Crippen molar-refractivity contribution in [2.24, 2.45) is 5.41 Å². The number of para-hydroxylation sites is 1. The number of rotatable bonds is 4. The van der Waals surface area contributed by atoms with Gasteiger partial charge in [-0.25, -0.2) is 0 Å². The van der Waals surface area contributed by atoms with Gasteiger partial charge in [-0.2, -0.15) is 0 Å². The second kappa shape index (κ2) is 5.47. The van der Waals surface area contributed by atoms with Gasteiger partial charge in [0.2, 0.25) is 0 Å². The molecular weight excluding hydrogens is 242 g/mol. The van der Waals surface area contributed by atoms with Crippen LogP contribution in [0.1, 0.15) is 27.7 Å². The quantitative estimate of drug-likeness (QED) is 0.668. The van der Waals surface area contributed by atoms with E-state index in [1.807, 2.05) is 18.0 Å². The molecule has 0 radical (unpaired) electrons. The molecule has 0 aliphatic rings. The second-order valence-corrected chi connectivity index (χ2v) is 5.83. The van der Waals surface area contributed by atoms with E-state index in [0.717, 1.165) is 0 Å². The van der Waals surface area contributed by atoms with Gasteiger partial charge >= 0.3 is 5.69 Å². The molecule has 0 spiro atoms. The second-order valence-electron chi connectivity index (χ2n) is 5.83. The molecule has 0 saturated heterocycles. The van der Waals surface area contributed by atoms with Crippen molar-refractivity contribution in [3.8, 4) is 0 Å². The van der Waals surface area contributed by atoms with Gasteiger partial charge in [0.1, 0.15) is 11.4 Å². The van der Waals surface area contributed by atoms with Crippen molar-refractivity contribution in [1.82, 2.24) is 0 Å². The predicted octanol–water partition coefficient (Wildman–Crippen LogP) is 3.51. The molecule has 106 valence electrons. The van der Waals surface area contributed by atoms with Crippen LogP contribution in [-0.2, 0) is 0 Å². The zero-order valence-electron chi connectivity index (χ0n) is 12.5. The first-order chi connectivity index (χ1) is 8.70. The Morgan fingerprint density at radius 2 is 1.95 bits per heavy atom. The van der Waals surface area contributed by atoms with Crippen LogP contribution in [0.15, 0.2) is 18.2 Å². The van der Waals surface area contributed by atoms with Crippen molar-refractivity contribution in [3.05, 3.63) is 28.3 Å². The maximum Gasteiger partial charge on any atom is 0.315 e. The average molecular weight is 265 g/mol. The summed E-state index contributed by atoms with van der Waals surface area (Å²) in [6.07, 6.45) is 0. The number of nitrogens with one attached hydrogen (secondary N) is 1. The molecule has 1 atom stereocenters. The van der Waals surface area contributed by atoms with Crippen LogP contribution in [0, 0.1) is 15.5 Å². The standard InChI is InChI=1S/C14H23N3O2/c1-10(14(2,3)4)16(6)12-9-7-8-11(15-5)13(12)17(18)19/h7-10,15H,1-6H3. The number of benzene rings is 1. The van der Waals surface area contributed by atoms with Gasteiger partial charge in [-0.3, -0.25) is 10.1 Å². The van der Waals surface area contributed by atoms with Crippen molar-refractivity contribution in [2.45, 2.75) is 33.7 Å². The van der Waals surface area contributed by atoms with Crippen LogP contribution in [0.4, 0.5) is 17.1 Å². The largest absolute Gasteiger partial charge is 0.382 e. The van der Waals surface area contributed by atoms with E-state index >= 15 is 0 Å². The van der Waals surface area contributed by atoms with Gasteiger partial charge in [0.15, 0.2) is 0 Å². The lowest BCUT2D eigenvalue weighted by Crippen LogP contribution is -2.39. The topological polar surface area (TPSA) is 58.4 Å². The molecule has 5 heteroatoms. The van der Waals surface area contributed by atoms with Gasteiger partial charge in [0, 0.05) is 20.1 Å². The highest BCUT2D eigenvalue weighted by Gasteiger charge is 2.29. The Morgan fingerprint density at radius 3 is 2.37 bits per heavy atom. The smallest absolute Gasteiger partial charge is 0.315 e. The highest BCUT2D eigenvalue weighted by Crippen LogP contribution is 2.37. The molecule has 0 fully saturated rings. The van der Waals surface area contributed by atoms with Gasteiger partial charge < -0.3 is 10.2 Å². The number of hydrogen-bond donors (Lipinski definition) is 1. The van der Waals surface area contributed by atoms with Crippen LogP contribution < -0.4 is 10.2 Å². The first-order valence-corrected chi connectivity index (χ1v) is 6.38. The summed E-state index contributed by atoms with van der Waals surface area (Å²) in [6, 6.07) is 5.52. The molecule has 0 aromatic heterocycles. The SMILES string of the molecule is CNc1cccc(N(C)C(C)C(C)(C)C)c1[N+](=O)[O-]. The molecule has 1 N–H and O–H groups in total. The van der Waals surface area contributed by atoms with Crippen molar-refractivity contribution in [2.75, 3.05) is 24.3 Å². The molecule has 1 unspecified atom stereocenters. The highest BCUT2D eigenvalue weighted by molar-refractivity contribution is 5.77. The van der Waals surface area contributed by atoms with Gasteiger partial charge in [-0.05, 0) is 24.5 Å². The maximum atomic E-state index is 11.3. The van der Waals surface area contributed by atoms with Crippen molar-refractivity contribution >= 4 is 17.1 Å². The van der Waals surface area contributed by atoms with Crippen LogP contribution in [0.5, 0.6) is 0 Å². The van der Waals surface area contributed by atoms with E-state index in [0.29, 0.717) is 11.4 Å². The lowest BCUT2D eigenvalue weighted by molar-refractivity contribution is -0.383. The Morgan fingerprint density at radius 1 is 1.37 bits per heavy atom. The molecule has 19 heavy (non-hydrogen) atoms. The molecule has 1 aromatic carbocycles. The van der Waals surface area contributed by atoms with Gasteiger partial charge in [0.05, 0.1) is 4.92 Å². The van der Waals surface area contributed by atoms with Crippen LogP contribution in [-0.4, -0.2) is 25.1 Å². The van der Waals surface area contributed by atoms with E-state index in [1.54, 1.807) is 19.2 Å². The molecule has 0 aliphatic heterocycles. The Kier molecular flexibility index (Phi) is 4.39. The van der Waals surface area contributed by atoms with Crippen LogP contribution in [0.3, 0.4) is 0 Å². The summed E-state index contributed by atoms with van der Waals surface area (Å²) in [5.74, 6) is 0. The summed E-state index contributed by atoms with van der Waals surface area (Å²) in [4.78, 5) is 13.0. The van der Waals surface area contributed by atoms with E-state index in [4.69, 9.17) is 0 Å². The van der Waals surface area contributed by atoms with Crippen LogP contribution in [0.2, 0.25) is 0 Å². The molecule has 1 rings (SSSR count). The minimum atomic E-state index is -0.326. The highest BCUT2D eigenvalue weighted by atomic mass is 16.6. The fourth-order valence-corrected chi connectivity index (χ4v) is 2.00. The lowest BCUT2D eigenvalue weighted by atomic mass is 9.87. The normalized spacial score (nSPS) is 12.9. The van der Waals surface area contributed by atoms with E-state index in [-0.39, 0.29) is 22.1 Å². The summed E-state index contributed by atoms with van der Waals surface area (Å²) in [5.41, 5.74) is 1.34. The van der Waals surface area contributed by atoms with E-state index in [2.05, 4.69) is 33.0 Å². The minimum Gasteiger partial charge on any atom is -0.382 e. The summed E-state index contributed by atoms with van der Waals surface area (Å²) in [7, 11) is 3.59. The Bertz CT molecular complexity index is 466. The number of anilines is 2. The van der Waals surface area contributed by atoms with Crippen LogP contribution >= 0.6 is 0 Å². The van der Waals surface area contributed by atoms with E-state index in [9.17, 15) is 10.1 Å². The first-order valence-electron chi connectivity index (χ1n) is 6.38. The summed E-state index contributed by atoms with van der Waals surface area (Å²) in [5, 5.41) is 14.2. The van der Waals surface area contributed by atoms with E-state index in [1.165, 1.54) is 0 Å². The molecule has 0 amide bonds. The Labute approximate surface area is 114 Å². The van der Waals surface area contributed by atoms with E-state index < -0.39 is 0 Å². The Hall–Kier alpha value is -1.78. The number of hydrogen-bond acceptors (Lipinski definition) is 4. The molecule has 0 bridgehead atoms. The third-order valence-electron chi connectivity index (χ3n) is 3.68.